The number of benzene rings is 4. The molecule has 0 atom stereocenters. The van der Waals surface area contributed by atoms with Gasteiger partial charge in [0, 0.05) is 10.6 Å². The van der Waals surface area contributed by atoms with Crippen LogP contribution in [0.2, 0.25) is 5.02 Å². The van der Waals surface area contributed by atoms with E-state index >= 15 is 0 Å². The van der Waals surface area contributed by atoms with Crippen LogP contribution >= 0.6 is 39.3 Å². The SMILES string of the molecule is CCOc1cc(/C=C2\SC(=Nc3ccc(OC)cc3)N(Cc3ccc(C(=O)O)cc3)C2=O)cc(Br)c1OCc1ccccc1Cl. The Morgan fingerprint density at radius 2 is 1.78 bits per heavy atom. The van der Waals surface area contributed by atoms with Gasteiger partial charge in [-0.15, -0.1) is 0 Å². The Morgan fingerprint density at radius 3 is 2.44 bits per heavy atom. The molecule has 0 radical (unpaired) electrons. The fourth-order valence-electron chi connectivity index (χ4n) is 4.42. The van der Waals surface area contributed by atoms with Gasteiger partial charge in [-0.3, -0.25) is 9.69 Å². The number of rotatable bonds is 11. The van der Waals surface area contributed by atoms with Crippen LogP contribution in [-0.2, 0) is 17.9 Å². The van der Waals surface area contributed by atoms with Gasteiger partial charge < -0.3 is 19.3 Å². The number of amides is 1. The summed E-state index contributed by atoms with van der Waals surface area (Å²) < 4.78 is 18.0. The second-order valence-electron chi connectivity index (χ2n) is 9.74. The topological polar surface area (TPSA) is 97.7 Å². The van der Waals surface area contributed by atoms with Crippen molar-refractivity contribution in [1.82, 2.24) is 4.90 Å². The van der Waals surface area contributed by atoms with Crippen molar-refractivity contribution in [2.75, 3.05) is 13.7 Å². The number of amidine groups is 1. The number of carbonyl (C=O) groups is 2. The van der Waals surface area contributed by atoms with E-state index in [1.54, 1.807) is 42.4 Å². The van der Waals surface area contributed by atoms with Gasteiger partial charge in [0.25, 0.3) is 5.91 Å². The van der Waals surface area contributed by atoms with Gasteiger partial charge in [-0.1, -0.05) is 41.9 Å². The molecule has 0 saturated carbocycles. The van der Waals surface area contributed by atoms with Crippen molar-refractivity contribution in [1.29, 1.82) is 0 Å². The molecule has 5 rings (SSSR count). The quantitative estimate of drug-likeness (QED) is 0.156. The first kappa shape index (κ1) is 32.2. The molecule has 0 unspecified atom stereocenters. The molecule has 1 heterocycles. The predicted molar refractivity (Wildman–Crippen MR) is 181 cm³/mol. The van der Waals surface area contributed by atoms with Gasteiger partial charge in [-0.05, 0) is 106 Å². The van der Waals surface area contributed by atoms with E-state index in [4.69, 9.17) is 30.8 Å². The molecular weight excluding hydrogens is 680 g/mol. The second-order valence-corrected chi connectivity index (χ2v) is 12.0. The van der Waals surface area contributed by atoms with E-state index in [1.165, 1.54) is 23.9 Å². The monoisotopic (exact) mass is 706 g/mol. The third-order valence-electron chi connectivity index (χ3n) is 6.69. The maximum absolute atomic E-state index is 13.8. The number of aliphatic imine (C=N–C) groups is 1. The summed E-state index contributed by atoms with van der Waals surface area (Å²) in [6.07, 6.45) is 1.79. The summed E-state index contributed by atoms with van der Waals surface area (Å²) in [6, 6.07) is 24.8. The Labute approximate surface area is 278 Å². The third kappa shape index (κ3) is 7.89. The number of aromatic carboxylic acids is 1. The van der Waals surface area contributed by atoms with E-state index in [0.29, 0.717) is 49.1 Å². The van der Waals surface area contributed by atoms with Crippen molar-refractivity contribution in [3.8, 4) is 17.2 Å². The van der Waals surface area contributed by atoms with Crippen LogP contribution in [-0.4, -0.2) is 40.8 Å². The Hall–Kier alpha value is -4.25. The summed E-state index contributed by atoms with van der Waals surface area (Å²) in [6.45, 7) is 2.76. The first-order valence-electron chi connectivity index (χ1n) is 13.8. The first-order valence-corrected chi connectivity index (χ1v) is 15.8. The zero-order chi connectivity index (χ0) is 31.9. The van der Waals surface area contributed by atoms with Crippen LogP contribution in [0.5, 0.6) is 17.2 Å². The van der Waals surface area contributed by atoms with Crippen molar-refractivity contribution in [2.24, 2.45) is 4.99 Å². The number of carbonyl (C=O) groups excluding carboxylic acids is 1. The number of carboxylic acid groups (broad SMARTS) is 1. The molecule has 8 nitrogen and oxygen atoms in total. The van der Waals surface area contributed by atoms with E-state index in [0.717, 1.165) is 16.7 Å². The fourth-order valence-corrected chi connectivity index (χ4v) is 6.19. The molecule has 11 heteroatoms. The first-order chi connectivity index (χ1) is 21.7. The van der Waals surface area contributed by atoms with Crippen LogP contribution in [0.3, 0.4) is 0 Å². The summed E-state index contributed by atoms with van der Waals surface area (Å²) in [4.78, 5) is 31.9. The number of ether oxygens (including phenoxy) is 3. The second kappa shape index (κ2) is 14.7. The van der Waals surface area contributed by atoms with Gasteiger partial charge in [-0.2, -0.15) is 0 Å². The molecule has 0 bridgehead atoms. The molecule has 1 aliphatic heterocycles. The van der Waals surface area contributed by atoms with Gasteiger partial charge in [-0.25, -0.2) is 9.79 Å². The van der Waals surface area contributed by atoms with Gasteiger partial charge in [0.15, 0.2) is 16.7 Å². The molecule has 45 heavy (non-hydrogen) atoms. The smallest absolute Gasteiger partial charge is 0.335 e. The van der Waals surface area contributed by atoms with E-state index < -0.39 is 5.97 Å². The fraction of sp³-hybridized carbons (Fsp3) is 0.147. The van der Waals surface area contributed by atoms with Gasteiger partial charge in [0.1, 0.15) is 12.4 Å². The largest absolute Gasteiger partial charge is 0.497 e. The van der Waals surface area contributed by atoms with E-state index in [2.05, 4.69) is 15.9 Å². The maximum atomic E-state index is 13.8. The van der Waals surface area contributed by atoms with Crippen molar-refractivity contribution >= 4 is 68.1 Å². The molecule has 4 aromatic rings. The zero-order valence-corrected chi connectivity index (χ0v) is 27.5. The number of halogens is 2. The molecule has 0 aliphatic carbocycles. The Bertz CT molecular complexity index is 1780. The van der Waals surface area contributed by atoms with Gasteiger partial charge in [0.2, 0.25) is 0 Å². The van der Waals surface area contributed by atoms with Crippen LogP contribution in [0, 0.1) is 0 Å². The summed E-state index contributed by atoms with van der Waals surface area (Å²) >= 11 is 11.2. The summed E-state index contributed by atoms with van der Waals surface area (Å²) in [7, 11) is 1.59. The normalized spacial score (nSPS) is 14.7. The van der Waals surface area contributed by atoms with Crippen LogP contribution in [0.25, 0.3) is 6.08 Å². The van der Waals surface area contributed by atoms with Crippen LogP contribution in [0.15, 0.2) is 99.3 Å². The standard InChI is InChI=1S/C34H28BrClN2O6S/c1-3-43-29-17-22(16-27(35)31(29)44-20-24-6-4-5-7-28(24)36)18-30-32(39)38(19-21-8-10-23(11-9-21)33(40)41)34(45-30)37-25-12-14-26(42-2)15-13-25/h4-18H,3,19-20H2,1-2H3,(H,40,41)/b30-18-,37-34?. The van der Waals surface area contributed by atoms with Crippen LogP contribution in [0.1, 0.15) is 34.0 Å². The summed E-state index contributed by atoms with van der Waals surface area (Å²) in [5.41, 5.74) is 3.15. The van der Waals surface area contributed by atoms with Crippen molar-refractivity contribution < 1.29 is 28.9 Å². The molecule has 1 N–H and O–H groups in total. The number of thioether (sulfide) groups is 1. The van der Waals surface area contributed by atoms with E-state index in [1.807, 2.05) is 55.5 Å². The summed E-state index contributed by atoms with van der Waals surface area (Å²) in [5, 5.41) is 10.4. The molecule has 1 amide bonds. The minimum absolute atomic E-state index is 0.170. The lowest BCUT2D eigenvalue weighted by Crippen LogP contribution is -2.28. The maximum Gasteiger partial charge on any atom is 0.335 e. The third-order valence-corrected chi connectivity index (χ3v) is 8.65. The molecule has 1 fully saturated rings. The Morgan fingerprint density at radius 1 is 1.04 bits per heavy atom. The molecule has 230 valence electrons. The lowest BCUT2D eigenvalue weighted by Gasteiger charge is -2.16. The number of methoxy groups -OCH3 is 1. The van der Waals surface area contributed by atoms with E-state index in [9.17, 15) is 14.7 Å². The number of hydrogen-bond acceptors (Lipinski definition) is 7. The highest BCUT2D eigenvalue weighted by molar-refractivity contribution is 9.10. The highest BCUT2D eigenvalue weighted by atomic mass is 79.9. The molecule has 1 aliphatic rings. The molecule has 1 saturated heterocycles. The molecule has 0 aromatic heterocycles. The Balaban J connectivity index is 1.46. The highest BCUT2D eigenvalue weighted by Gasteiger charge is 2.34. The number of carboxylic acids is 1. The number of hydrogen-bond donors (Lipinski definition) is 1. The van der Waals surface area contributed by atoms with E-state index in [-0.39, 0.29) is 24.6 Å². The highest BCUT2D eigenvalue weighted by Crippen LogP contribution is 2.41. The molecule has 4 aromatic carbocycles. The predicted octanol–water partition coefficient (Wildman–Crippen LogP) is 8.59. The number of nitrogens with zero attached hydrogens (tertiary/aromatic N) is 2. The van der Waals surface area contributed by atoms with Crippen molar-refractivity contribution in [2.45, 2.75) is 20.1 Å². The average Bonchev–Trinajstić information content (AvgIpc) is 3.31. The van der Waals surface area contributed by atoms with Crippen LogP contribution < -0.4 is 14.2 Å². The molecule has 0 spiro atoms. The minimum Gasteiger partial charge on any atom is -0.497 e. The lowest BCUT2D eigenvalue weighted by molar-refractivity contribution is -0.122. The minimum atomic E-state index is -1.01. The van der Waals surface area contributed by atoms with Crippen LogP contribution in [0.4, 0.5) is 5.69 Å². The average molecular weight is 708 g/mol. The van der Waals surface area contributed by atoms with Gasteiger partial charge in [0.05, 0.1) is 40.9 Å². The lowest BCUT2D eigenvalue weighted by atomic mass is 10.1. The zero-order valence-electron chi connectivity index (χ0n) is 24.3. The molecular formula is C34H28BrClN2O6S. The van der Waals surface area contributed by atoms with Gasteiger partial charge >= 0.3 is 5.97 Å². The Kier molecular flexibility index (Phi) is 10.5. The van der Waals surface area contributed by atoms with Crippen molar-refractivity contribution in [3.05, 3.63) is 122 Å². The van der Waals surface area contributed by atoms with Crippen molar-refractivity contribution in [3.63, 3.8) is 0 Å². The summed E-state index contributed by atoms with van der Waals surface area (Å²) in [5.74, 6) is 0.489.